The van der Waals surface area contributed by atoms with Crippen molar-refractivity contribution >= 4 is 29.1 Å². The van der Waals surface area contributed by atoms with E-state index in [-0.39, 0.29) is 36.1 Å². The standard InChI is InChI=1S/C29H29N5O7/c1-14(2)23(36)25(24-20(35)11-21(40-24)34-13-31-22-26(34)32-28(30)33-27(22)37)41-29(38)39-12-19-17-9-5-3-7-15(17)16-8-4-6-10-18(16)19/h3-10,13-14,19-21,24-25,35H,11-12H2,1-2H3,(H3,30,32,33,37)/t20-,21+,24-,25?/m0/s1. The number of rotatable bonds is 7. The van der Waals surface area contributed by atoms with Gasteiger partial charge in [-0.15, -0.1) is 0 Å². The van der Waals surface area contributed by atoms with E-state index in [4.69, 9.17) is 19.9 Å². The van der Waals surface area contributed by atoms with Crippen LogP contribution in [0.4, 0.5) is 10.7 Å². The predicted molar refractivity (Wildman–Crippen MR) is 147 cm³/mol. The number of hydrogen-bond acceptors (Lipinski definition) is 10. The van der Waals surface area contributed by atoms with Crippen molar-refractivity contribution in [3.8, 4) is 11.1 Å². The summed E-state index contributed by atoms with van der Waals surface area (Å²) in [6.07, 6.45) is -4.31. The van der Waals surface area contributed by atoms with Crippen molar-refractivity contribution < 1.29 is 28.9 Å². The zero-order valence-electron chi connectivity index (χ0n) is 22.4. The fraction of sp³-hybridized carbons (Fsp3) is 0.345. The number of nitrogens with zero attached hydrogens (tertiary/aromatic N) is 3. The molecule has 41 heavy (non-hydrogen) atoms. The maximum absolute atomic E-state index is 13.2. The van der Waals surface area contributed by atoms with Gasteiger partial charge in [0.15, 0.2) is 23.1 Å². The van der Waals surface area contributed by atoms with E-state index in [1.54, 1.807) is 13.8 Å². The minimum Gasteiger partial charge on any atom is -0.433 e. The van der Waals surface area contributed by atoms with Gasteiger partial charge in [0.25, 0.3) is 5.56 Å². The number of fused-ring (bicyclic) bond motifs is 4. The molecule has 2 aromatic heterocycles. The molecule has 0 radical (unpaired) electrons. The molecular weight excluding hydrogens is 530 g/mol. The molecule has 12 heteroatoms. The van der Waals surface area contributed by atoms with Crippen LogP contribution in [0, 0.1) is 5.92 Å². The van der Waals surface area contributed by atoms with E-state index in [2.05, 4.69) is 15.0 Å². The summed E-state index contributed by atoms with van der Waals surface area (Å²) in [5.41, 5.74) is 9.61. The second-order valence-electron chi connectivity index (χ2n) is 10.5. The van der Waals surface area contributed by atoms with Crippen LogP contribution < -0.4 is 11.3 Å². The number of nitrogens with one attached hydrogen (secondary N) is 1. The van der Waals surface area contributed by atoms with Crippen molar-refractivity contribution in [2.24, 2.45) is 5.92 Å². The minimum absolute atomic E-state index is 0.00875. The molecule has 2 aliphatic rings. The van der Waals surface area contributed by atoms with Crippen LogP contribution >= 0.6 is 0 Å². The van der Waals surface area contributed by atoms with Crippen LogP contribution in [0.3, 0.4) is 0 Å². The van der Waals surface area contributed by atoms with Gasteiger partial charge in [0.2, 0.25) is 5.95 Å². The summed E-state index contributed by atoms with van der Waals surface area (Å²) >= 11 is 0. The number of hydrogen-bond donors (Lipinski definition) is 3. The first kappa shape index (κ1) is 26.7. The molecule has 1 aliphatic heterocycles. The molecule has 4 aromatic rings. The lowest BCUT2D eigenvalue weighted by atomic mass is 9.97. The number of benzene rings is 2. The zero-order valence-corrected chi connectivity index (χ0v) is 22.4. The smallest absolute Gasteiger partial charge is 0.433 e. The zero-order chi connectivity index (χ0) is 28.8. The number of carbonyl (C=O) groups is 2. The maximum Gasteiger partial charge on any atom is 0.509 e. The molecule has 212 valence electrons. The average Bonchev–Trinajstić information content (AvgIpc) is 3.64. The summed E-state index contributed by atoms with van der Waals surface area (Å²) < 4.78 is 18.6. The van der Waals surface area contributed by atoms with E-state index >= 15 is 0 Å². The molecule has 3 heterocycles. The maximum atomic E-state index is 13.2. The third-order valence-electron chi connectivity index (χ3n) is 7.60. The summed E-state index contributed by atoms with van der Waals surface area (Å²) in [4.78, 5) is 48.9. The molecule has 0 saturated carbocycles. The fourth-order valence-corrected chi connectivity index (χ4v) is 5.62. The van der Waals surface area contributed by atoms with Crippen molar-refractivity contribution in [1.29, 1.82) is 0 Å². The summed E-state index contributed by atoms with van der Waals surface area (Å²) in [5, 5.41) is 10.9. The Hall–Kier alpha value is -4.55. The normalized spacial score (nSPS) is 20.6. The Balaban J connectivity index is 1.20. The van der Waals surface area contributed by atoms with E-state index in [0.717, 1.165) is 22.3 Å². The largest absolute Gasteiger partial charge is 0.509 e. The monoisotopic (exact) mass is 559 g/mol. The van der Waals surface area contributed by atoms with Gasteiger partial charge in [-0.05, 0) is 22.3 Å². The first-order valence-electron chi connectivity index (χ1n) is 13.3. The Labute approximate surface area is 234 Å². The van der Waals surface area contributed by atoms with Gasteiger partial charge in [-0.25, -0.2) is 9.78 Å². The van der Waals surface area contributed by atoms with Crippen molar-refractivity contribution in [3.63, 3.8) is 0 Å². The lowest BCUT2D eigenvalue weighted by Crippen LogP contribution is -2.45. The first-order valence-corrected chi connectivity index (χ1v) is 13.3. The van der Waals surface area contributed by atoms with Crippen LogP contribution in [-0.2, 0) is 19.0 Å². The molecule has 4 atom stereocenters. The third kappa shape index (κ3) is 4.74. The Kier molecular flexibility index (Phi) is 6.80. The van der Waals surface area contributed by atoms with Crippen LogP contribution in [0.25, 0.3) is 22.3 Å². The molecule has 0 spiro atoms. The van der Waals surface area contributed by atoms with E-state index in [0.29, 0.717) is 0 Å². The van der Waals surface area contributed by atoms with Gasteiger partial charge in [-0.2, -0.15) is 4.98 Å². The Morgan fingerprint density at radius 2 is 1.80 bits per heavy atom. The predicted octanol–water partition coefficient (Wildman–Crippen LogP) is 2.91. The van der Waals surface area contributed by atoms with Crippen molar-refractivity contribution in [1.82, 2.24) is 19.5 Å². The van der Waals surface area contributed by atoms with Gasteiger partial charge in [0.1, 0.15) is 18.9 Å². The molecule has 1 unspecified atom stereocenters. The highest BCUT2D eigenvalue weighted by molar-refractivity contribution is 5.87. The lowest BCUT2D eigenvalue weighted by Gasteiger charge is -2.26. The van der Waals surface area contributed by atoms with Crippen molar-refractivity contribution in [2.45, 2.75) is 50.7 Å². The number of imidazole rings is 1. The highest BCUT2D eigenvalue weighted by atomic mass is 16.7. The number of aromatic amines is 1. The molecule has 12 nitrogen and oxygen atoms in total. The quantitative estimate of drug-likeness (QED) is 0.286. The minimum atomic E-state index is -1.43. The molecule has 1 fully saturated rings. The second kappa shape index (κ2) is 10.5. The summed E-state index contributed by atoms with van der Waals surface area (Å²) in [7, 11) is 0. The summed E-state index contributed by atoms with van der Waals surface area (Å²) in [5.74, 6) is -1.25. The van der Waals surface area contributed by atoms with E-state index in [9.17, 15) is 19.5 Å². The number of aromatic nitrogens is 4. The number of aliphatic hydroxyl groups is 1. The van der Waals surface area contributed by atoms with Gasteiger partial charge in [-0.3, -0.25) is 19.1 Å². The topological polar surface area (TPSA) is 172 Å². The highest BCUT2D eigenvalue weighted by Gasteiger charge is 2.46. The number of Topliss-reactive ketones (excluding diaryl/α,β-unsaturated/α-hetero) is 1. The van der Waals surface area contributed by atoms with Crippen molar-refractivity contribution in [2.75, 3.05) is 12.3 Å². The highest BCUT2D eigenvalue weighted by Crippen LogP contribution is 2.44. The van der Waals surface area contributed by atoms with Gasteiger partial charge >= 0.3 is 6.16 Å². The number of carbonyl (C=O) groups excluding carboxylic acids is 2. The molecule has 1 saturated heterocycles. The van der Waals surface area contributed by atoms with Crippen LogP contribution in [0.1, 0.15) is 43.5 Å². The fourth-order valence-electron chi connectivity index (χ4n) is 5.62. The number of aliphatic hydroxyl groups excluding tert-OH is 1. The third-order valence-corrected chi connectivity index (χ3v) is 7.60. The first-order chi connectivity index (χ1) is 19.7. The second-order valence-corrected chi connectivity index (χ2v) is 10.5. The summed E-state index contributed by atoms with van der Waals surface area (Å²) in [6, 6.07) is 15.9. The van der Waals surface area contributed by atoms with Crippen molar-refractivity contribution in [3.05, 3.63) is 76.3 Å². The van der Waals surface area contributed by atoms with Gasteiger partial charge in [0, 0.05) is 18.3 Å². The Bertz CT molecular complexity index is 1650. The lowest BCUT2D eigenvalue weighted by molar-refractivity contribution is -0.147. The van der Waals surface area contributed by atoms with Gasteiger partial charge in [-0.1, -0.05) is 62.4 Å². The average molecular weight is 560 g/mol. The SMILES string of the molecule is CC(C)C(=O)C(OC(=O)OCC1c2ccccc2-c2ccccc21)[C@H]1O[C@@H](n2cnc3c(=O)[nH]c(N)nc32)C[C@@H]1O. The van der Waals surface area contributed by atoms with Gasteiger partial charge < -0.3 is 25.1 Å². The molecule has 4 N–H and O–H groups in total. The number of H-pyrrole nitrogens is 1. The van der Waals surface area contributed by atoms with Crippen LogP contribution in [0.15, 0.2) is 59.7 Å². The van der Waals surface area contributed by atoms with Crippen LogP contribution in [-0.4, -0.2) is 61.5 Å². The number of nitrogens with two attached hydrogens (primary N) is 1. The molecular formula is C29H29N5O7. The number of ether oxygens (including phenoxy) is 3. The number of anilines is 1. The Morgan fingerprint density at radius 1 is 1.15 bits per heavy atom. The molecule has 0 amide bonds. The molecule has 6 rings (SSSR count). The Morgan fingerprint density at radius 3 is 2.46 bits per heavy atom. The number of ketones is 1. The van der Waals surface area contributed by atoms with Crippen LogP contribution in [0.5, 0.6) is 0 Å². The molecule has 2 aromatic carbocycles. The summed E-state index contributed by atoms with van der Waals surface area (Å²) in [6.45, 7) is 3.34. The van der Waals surface area contributed by atoms with E-state index in [1.165, 1.54) is 10.9 Å². The van der Waals surface area contributed by atoms with Gasteiger partial charge in [0.05, 0.1) is 12.4 Å². The molecule has 0 bridgehead atoms. The van der Waals surface area contributed by atoms with E-state index < -0.39 is 48.0 Å². The number of nitrogen functional groups attached to an aromatic ring is 1. The van der Waals surface area contributed by atoms with Crippen LogP contribution in [0.2, 0.25) is 0 Å². The molecule has 1 aliphatic carbocycles. The van der Waals surface area contributed by atoms with E-state index in [1.807, 2.05) is 48.5 Å².